The van der Waals surface area contributed by atoms with Gasteiger partial charge in [0.15, 0.2) is 0 Å². The Morgan fingerprint density at radius 3 is 2.22 bits per heavy atom. The Kier molecular flexibility index (Phi) is 6.06. The second-order valence-electron chi connectivity index (χ2n) is 8.09. The standard InChI is InChI=1S/C18H33N3O2/c1-18(2,12-19)13-20(3)16(22)14-8-4-5-9-15(14)17(23)21-10-6-7-11-21/h14-15H,4-13,19H2,1-3H3. The third-order valence-corrected chi connectivity index (χ3v) is 5.41. The van der Waals surface area contributed by atoms with Crippen LogP contribution in [-0.4, -0.2) is 54.8 Å². The molecule has 1 aliphatic heterocycles. The Labute approximate surface area is 140 Å². The van der Waals surface area contributed by atoms with Gasteiger partial charge in [-0.3, -0.25) is 9.59 Å². The van der Waals surface area contributed by atoms with Gasteiger partial charge < -0.3 is 15.5 Å². The number of hydrogen-bond acceptors (Lipinski definition) is 3. The maximum absolute atomic E-state index is 12.9. The summed E-state index contributed by atoms with van der Waals surface area (Å²) in [5.41, 5.74) is 5.70. The van der Waals surface area contributed by atoms with E-state index in [1.165, 1.54) is 0 Å². The Balaban J connectivity index is 2.04. The molecule has 0 aromatic carbocycles. The van der Waals surface area contributed by atoms with Crippen molar-refractivity contribution in [3.05, 3.63) is 0 Å². The van der Waals surface area contributed by atoms with Crippen LogP contribution >= 0.6 is 0 Å². The van der Waals surface area contributed by atoms with Crippen molar-refractivity contribution in [3.63, 3.8) is 0 Å². The Bertz CT molecular complexity index is 430. The van der Waals surface area contributed by atoms with Gasteiger partial charge >= 0.3 is 0 Å². The van der Waals surface area contributed by atoms with Crippen molar-refractivity contribution in [3.8, 4) is 0 Å². The summed E-state index contributed by atoms with van der Waals surface area (Å²) in [6, 6.07) is 0. The molecule has 0 aromatic heterocycles. The molecule has 5 nitrogen and oxygen atoms in total. The lowest BCUT2D eigenvalue weighted by atomic mass is 9.77. The second-order valence-corrected chi connectivity index (χ2v) is 8.09. The Hall–Kier alpha value is -1.10. The Morgan fingerprint density at radius 1 is 1.09 bits per heavy atom. The molecule has 2 N–H and O–H groups in total. The lowest BCUT2D eigenvalue weighted by Crippen LogP contribution is -2.47. The van der Waals surface area contributed by atoms with Gasteiger partial charge in [0.05, 0.1) is 0 Å². The molecule has 1 saturated heterocycles. The van der Waals surface area contributed by atoms with Crippen molar-refractivity contribution in [2.45, 2.75) is 52.4 Å². The molecule has 0 radical (unpaired) electrons. The molecular weight excluding hydrogens is 290 g/mol. The molecule has 5 heteroatoms. The molecule has 23 heavy (non-hydrogen) atoms. The van der Waals surface area contributed by atoms with Crippen LogP contribution in [0.5, 0.6) is 0 Å². The molecule has 2 unspecified atom stereocenters. The van der Waals surface area contributed by atoms with Crippen LogP contribution in [0.2, 0.25) is 0 Å². The maximum atomic E-state index is 12.9. The average Bonchev–Trinajstić information content (AvgIpc) is 3.07. The number of nitrogens with zero attached hydrogens (tertiary/aromatic N) is 2. The first-order valence-electron chi connectivity index (χ1n) is 9.09. The number of hydrogen-bond donors (Lipinski definition) is 1. The van der Waals surface area contributed by atoms with E-state index in [1.54, 1.807) is 4.90 Å². The average molecular weight is 323 g/mol. The van der Waals surface area contributed by atoms with E-state index < -0.39 is 0 Å². The van der Waals surface area contributed by atoms with E-state index in [9.17, 15) is 9.59 Å². The van der Waals surface area contributed by atoms with Gasteiger partial charge in [-0.15, -0.1) is 0 Å². The highest BCUT2D eigenvalue weighted by Crippen LogP contribution is 2.34. The van der Waals surface area contributed by atoms with E-state index >= 15 is 0 Å². The summed E-state index contributed by atoms with van der Waals surface area (Å²) in [7, 11) is 1.85. The van der Waals surface area contributed by atoms with Gasteiger partial charge in [-0.05, 0) is 37.6 Å². The van der Waals surface area contributed by atoms with Crippen molar-refractivity contribution < 1.29 is 9.59 Å². The topological polar surface area (TPSA) is 66.6 Å². The fraction of sp³-hybridized carbons (Fsp3) is 0.889. The first-order chi connectivity index (χ1) is 10.9. The molecule has 2 atom stereocenters. The largest absolute Gasteiger partial charge is 0.345 e. The van der Waals surface area contributed by atoms with E-state index in [1.807, 2.05) is 11.9 Å². The zero-order chi connectivity index (χ0) is 17.0. The van der Waals surface area contributed by atoms with Crippen molar-refractivity contribution in [2.24, 2.45) is 23.0 Å². The summed E-state index contributed by atoms with van der Waals surface area (Å²) < 4.78 is 0. The van der Waals surface area contributed by atoms with Gasteiger partial charge in [0.1, 0.15) is 0 Å². The zero-order valence-corrected chi connectivity index (χ0v) is 15.0. The normalized spacial score (nSPS) is 25.5. The molecule has 2 aliphatic rings. The highest BCUT2D eigenvalue weighted by atomic mass is 16.2. The quantitative estimate of drug-likeness (QED) is 0.840. The van der Waals surface area contributed by atoms with E-state index in [2.05, 4.69) is 13.8 Å². The fourth-order valence-electron chi connectivity index (χ4n) is 3.96. The number of carbonyl (C=O) groups is 2. The number of rotatable bonds is 5. The van der Waals surface area contributed by atoms with Crippen molar-refractivity contribution in [1.29, 1.82) is 0 Å². The second kappa shape index (κ2) is 7.65. The SMILES string of the molecule is CN(CC(C)(C)CN)C(=O)C1CCCCC1C(=O)N1CCCC1. The van der Waals surface area contributed by atoms with Gasteiger partial charge in [0.2, 0.25) is 11.8 Å². The highest BCUT2D eigenvalue weighted by molar-refractivity contribution is 5.88. The third kappa shape index (κ3) is 4.46. The monoisotopic (exact) mass is 323 g/mol. The minimum Gasteiger partial charge on any atom is -0.345 e. The van der Waals surface area contributed by atoms with Crippen LogP contribution in [0.4, 0.5) is 0 Å². The summed E-state index contributed by atoms with van der Waals surface area (Å²) in [5.74, 6) is 0.0871. The maximum Gasteiger partial charge on any atom is 0.226 e. The van der Waals surface area contributed by atoms with Gasteiger partial charge in [-0.1, -0.05) is 26.7 Å². The summed E-state index contributed by atoms with van der Waals surface area (Å²) >= 11 is 0. The van der Waals surface area contributed by atoms with Crippen molar-refractivity contribution >= 4 is 11.8 Å². The lowest BCUT2D eigenvalue weighted by molar-refractivity contribution is -0.147. The lowest BCUT2D eigenvalue weighted by Gasteiger charge is -2.36. The Morgan fingerprint density at radius 2 is 1.65 bits per heavy atom. The number of amides is 2. The first-order valence-corrected chi connectivity index (χ1v) is 9.09. The van der Waals surface area contributed by atoms with Crippen LogP contribution in [0.3, 0.4) is 0 Å². The third-order valence-electron chi connectivity index (χ3n) is 5.41. The van der Waals surface area contributed by atoms with Gasteiger partial charge in [0.25, 0.3) is 0 Å². The summed E-state index contributed by atoms with van der Waals surface area (Å²) in [4.78, 5) is 29.5. The van der Waals surface area contributed by atoms with Crippen LogP contribution in [0.1, 0.15) is 52.4 Å². The summed E-state index contributed by atoms with van der Waals surface area (Å²) in [6.07, 6.45) is 6.01. The zero-order valence-electron chi connectivity index (χ0n) is 15.0. The number of nitrogens with two attached hydrogens (primary N) is 1. The minimum atomic E-state index is -0.143. The van der Waals surface area contributed by atoms with E-state index in [0.29, 0.717) is 13.1 Å². The molecule has 2 fully saturated rings. The molecule has 0 bridgehead atoms. The molecule has 0 aromatic rings. The van der Waals surface area contributed by atoms with E-state index in [0.717, 1.165) is 51.6 Å². The molecule has 132 valence electrons. The van der Waals surface area contributed by atoms with Crippen LogP contribution in [0.25, 0.3) is 0 Å². The predicted octanol–water partition coefficient (Wildman–Crippen LogP) is 1.86. The molecule has 0 spiro atoms. The van der Waals surface area contributed by atoms with Gasteiger partial charge in [0, 0.05) is 38.5 Å². The number of likely N-dealkylation sites (tertiary alicyclic amines) is 1. The molecular formula is C18H33N3O2. The molecule has 1 heterocycles. The van der Waals surface area contributed by atoms with Crippen molar-refractivity contribution in [1.82, 2.24) is 9.80 Å². The van der Waals surface area contributed by atoms with E-state index in [4.69, 9.17) is 5.73 Å². The van der Waals surface area contributed by atoms with Crippen molar-refractivity contribution in [2.75, 3.05) is 33.2 Å². The van der Waals surface area contributed by atoms with Crippen LogP contribution in [0.15, 0.2) is 0 Å². The van der Waals surface area contributed by atoms with Gasteiger partial charge in [-0.25, -0.2) is 0 Å². The highest BCUT2D eigenvalue weighted by Gasteiger charge is 2.40. The van der Waals surface area contributed by atoms with Crippen LogP contribution in [-0.2, 0) is 9.59 Å². The fourth-order valence-corrected chi connectivity index (χ4v) is 3.96. The molecule has 1 aliphatic carbocycles. The molecule has 2 amide bonds. The summed E-state index contributed by atoms with van der Waals surface area (Å²) in [6.45, 7) is 7.07. The van der Waals surface area contributed by atoms with E-state index in [-0.39, 0.29) is 29.1 Å². The number of carbonyl (C=O) groups excluding carboxylic acids is 2. The molecule has 1 saturated carbocycles. The van der Waals surface area contributed by atoms with Crippen LogP contribution in [0, 0.1) is 17.3 Å². The van der Waals surface area contributed by atoms with Crippen LogP contribution < -0.4 is 5.73 Å². The molecule has 2 rings (SSSR count). The smallest absolute Gasteiger partial charge is 0.226 e. The minimum absolute atomic E-state index is 0.0897. The predicted molar refractivity (Wildman–Crippen MR) is 91.7 cm³/mol. The van der Waals surface area contributed by atoms with Gasteiger partial charge in [-0.2, -0.15) is 0 Å². The first kappa shape index (κ1) is 18.2. The summed E-state index contributed by atoms with van der Waals surface area (Å²) in [5, 5.41) is 0.